The largest absolute Gasteiger partial charge is 0.352 e. The van der Waals surface area contributed by atoms with Crippen molar-refractivity contribution in [2.24, 2.45) is 0 Å². The lowest BCUT2D eigenvalue weighted by molar-refractivity contribution is -0.140. The molecule has 0 aliphatic heterocycles. The Morgan fingerprint density at radius 3 is 2.33 bits per heavy atom. The Bertz CT molecular complexity index is 1200. The zero-order chi connectivity index (χ0) is 26.5. The van der Waals surface area contributed by atoms with Crippen molar-refractivity contribution in [2.75, 3.05) is 17.1 Å². The monoisotopic (exact) mass is 553 g/mol. The predicted octanol–water partition coefficient (Wildman–Crippen LogP) is 4.93. The lowest BCUT2D eigenvalue weighted by atomic mass is 10.1. The number of nitrogens with zero attached hydrogens (tertiary/aromatic N) is 2. The van der Waals surface area contributed by atoms with Crippen LogP contribution in [0, 0.1) is 6.92 Å². The number of hydrogen-bond donors (Lipinski definition) is 1. The molecule has 2 aromatic carbocycles. The van der Waals surface area contributed by atoms with Gasteiger partial charge in [0.15, 0.2) is 0 Å². The first kappa shape index (κ1) is 28.3. The summed E-state index contributed by atoms with van der Waals surface area (Å²) in [5.41, 5.74) is 1.83. The molecule has 36 heavy (non-hydrogen) atoms. The molecule has 10 heteroatoms. The van der Waals surface area contributed by atoms with E-state index in [2.05, 4.69) is 5.32 Å². The van der Waals surface area contributed by atoms with Crippen LogP contribution in [0.15, 0.2) is 42.5 Å². The molecule has 1 atom stereocenters. The zero-order valence-corrected chi connectivity index (χ0v) is 23.2. The van der Waals surface area contributed by atoms with Gasteiger partial charge in [0.1, 0.15) is 12.6 Å². The van der Waals surface area contributed by atoms with Crippen LogP contribution in [0.4, 0.5) is 5.69 Å². The van der Waals surface area contributed by atoms with Crippen LogP contribution in [-0.4, -0.2) is 50.0 Å². The molecule has 0 saturated heterocycles. The number of benzene rings is 2. The first-order chi connectivity index (χ1) is 17.0. The lowest BCUT2D eigenvalue weighted by Crippen LogP contribution is -2.53. The molecule has 0 radical (unpaired) electrons. The van der Waals surface area contributed by atoms with E-state index in [9.17, 15) is 18.0 Å². The fraction of sp³-hybridized carbons (Fsp3) is 0.462. The molecule has 1 saturated carbocycles. The number of sulfonamides is 1. The molecule has 1 aliphatic rings. The van der Waals surface area contributed by atoms with Crippen molar-refractivity contribution in [1.29, 1.82) is 0 Å². The van der Waals surface area contributed by atoms with Crippen LogP contribution in [0.25, 0.3) is 0 Å². The second kappa shape index (κ2) is 12.3. The molecule has 3 rings (SSSR count). The van der Waals surface area contributed by atoms with E-state index < -0.39 is 28.5 Å². The van der Waals surface area contributed by atoms with Gasteiger partial charge in [-0.25, -0.2) is 8.42 Å². The number of hydrogen-bond acceptors (Lipinski definition) is 4. The summed E-state index contributed by atoms with van der Waals surface area (Å²) in [4.78, 5) is 28.5. The van der Waals surface area contributed by atoms with Crippen molar-refractivity contribution in [3.8, 4) is 0 Å². The second-order valence-electron chi connectivity index (χ2n) is 9.24. The third-order valence-electron chi connectivity index (χ3n) is 6.49. The van der Waals surface area contributed by atoms with Gasteiger partial charge in [0.2, 0.25) is 21.8 Å². The minimum absolute atomic E-state index is 0.0810. The molecule has 0 unspecified atom stereocenters. The van der Waals surface area contributed by atoms with Crippen LogP contribution < -0.4 is 9.62 Å². The van der Waals surface area contributed by atoms with Gasteiger partial charge in [-0.2, -0.15) is 0 Å². The number of para-hydroxylation sites is 1. The van der Waals surface area contributed by atoms with Crippen molar-refractivity contribution >= 4 is 50.7 Å². The molecule has 7 nitrogen and oxygen atoms in total. The lowest BCUT2D eigenvalue weighted by Gasteiger charge is -2.33. The van der Waals surface area contributed by atoms with Gasteiger partial charge in [-0.05, 0) is 55.5 Å². The summed E-state index contributed by atoms with van der Waals surface area (Å²) in [7, 11) is -3.78. The average Bonchev–Trinajstić information content (AvgIpc) is 3.32. The van der Waals surface area contributed by atoms with Gasteiger partial charge >= 0.3 is 0 Å². The molecule has 2 aromatic rings. The van der Waals surface area contributed by atoms with Crippen molar-refractivity contribution in [1.82, 2.24) is 10.2 Å². The van der Waals surface area contributed by atoms with Crippen LogP contribution in [0.1, 0.15) is 50.2 Å². The third-order valence-corrected chi connectivity index (χ3v) is 8.35. The smallest absolute Gasteiger partial charge is 0.244 e. The van der Waals surface area contributed by atoms with E-state index >= 15 is 0 Å². The Hall–Kier alpha value is -2.29. The number of carbonyl (C=O) groups excluding carboxylic acids is 2. The summed E-state index contributed by atoms with van der Waals surface area (Å²) in [5.74, 6) is -0.720. The number of rotatable bonds is 10. The molecule has 0 aromatic heterocycles. The number of aryl methyl sites for hydroxylation is 1. The fourth-order valence-electron chi connectivity index (χ4n) is 4.56. The van der Waals surface area contributed by atoms with Crippen molar-refractivity contribution in [3.05, 3.63) is 63.6 Å². The molecule has 1 fully saturated rings. The highest BCUT2D eigenvalue weighted by atomic mass is 35.5. The van der Waals surface area contributed by atoms with Crippen LogP contribution >= 0.6 is 23.2 Å². The van der Waals surface area contributed by atoms with Crippen molar-refractivity contribution < 1.29 is 18.0 Å². The highest BCUT2D eigenvalue weighted by Crippen LogP contribution is 2.26. The van der Waals surface area contributed by atoms with Gasteiger partial charge in [0.05, 0.1) is 22.0 Å². The Morgan fingerprint density at radius 1 is 1.08 bits per heavy atom. The minimum Gasteiger partial charge on any atom is -0.352 e. The Morgan fingerprint density at radius 2 is 1.75 bits per heavy atom. The molecule has 196 valence electrons. The maximum atomic E-state index is 13.8. The Labute approximate surface area is 223 Å². The molecule has 0 heterocycles. The highest BCUT2D eigenvalue weighted by Gasteiger charge is 2.33. The van der Waals surface area contributed by atoms with Crippen LogP contribution in [0.2, 0.25) is 10.0 Å². The number of halogens is 2. The van der Waals surface area contributed by atoms with E-state index in [1.54, 1.807) is 49.4 Å². The maximum absolute atomic E-state index is 13.8. The van der Waals surface area contributed by atoms with E-state index in [4.69, 9.17) is 23.2 Å². The summed E-state index contributed by atoms with van der Waals surface area (Å²) in [6.45, 7) is 3.27. The molecular weight excluding hydrogens is 521 g/mol. The first-order valence-electron chi connectivity index (χ1n) is 12.1. The summed E-state index contributed by atoms with van der Waals surface area (Å²) >= 11 is 12.3. The predicted molar refractivity (Wildman–Crippen MR) is 145 cm³/mol. The topological polar surface area (TPSA) is 86.8 Å². The Balaban J connectivity index is 1.95. The molecule has 1 aliphatic carbocycles. The van der Waals surface area contributed by atoms with E-state index in [1.165, 1.54) is 4.90 Å². The minimum atomic E-state index is -3.78. The molecular formula is C26H33Cl2N3O4S. The number of anilines is 1. The standard InChI is InChI=1S/C26H33Cl2N3O4S/c1-4-23(26(33)29-20-10-6-7-11-20)30(16-19-13-14-21(27)22(28)15-19)25(32)17-31(36(3,34)35)24-12-8-5-9-18(24)2/h5,8-9,12-15,20,23H,4,6-7,10-11,16-17H2,1-3H3,(H,29,33)/t23-/m0/s1. The van der Waals surface area contributed by atoms with Gasteiger partial charge in [0.25, 0.3) is 0 Å². The van der Waals surface area contributed by atoms with Crippen LogP contribution in [0.5, 0.6) is 0 Å². The SMILES string of the molecule is CC[C@@H](C(=O)NC1CCCC1)N(Cc1ccc(Cl)c(Cl)c1)C(=O)CN(c1ccccc1C)S(C)(=O)=O. The normalized spacial score (nSPS) is 14.9. The van der Waals surface area contributed by atoms with E-state index in [0.29, 0.717) is 27.7 Å². The van der Waals surface area contributed by atoms with E-state index in [0.717, 1.165) is 41.8 Å². The summed E-state index contributed by atoms with van der Waals surface area (Å²) in [5, 5.41) is 3.80. The van der Waals surface area contributed by atoms with E-state index in [1.807, 2.05) is 6.92 Å². The van der Waals surface area contributed by atoms with Gasteiger partial charge in [0, 0.05) is 12.6 Å². The second-order valence-corrected chi connectivity index (χ2v) is 12.0. The van der Waals surface area contributed by atoms with Crippen LogP contribution in [-0.2, 0) is 26.2 Å². The Kier molecular flexibility index (Phi) is 9.66. The molecule has 0 spiro atoms. The third kappa shape index (κ3) is 7.14. The van der Waals surface area contributed by atoms with E-state index in [-0.39, 0.29) is 18.5 Å². The van der Waals surface area contributed by atoms with Gasteiger partial charge in [-0.15, -0.1) is 0 Å². The van der Waals surface area contributed by atoms with Crippen molar-refractivity contribution in [3.63, 3.8) is 0 Å². The first-order valence-corrected chi connectivity index (χ1v) is 14.7. The summed E-state index contributed by atoms with van der Waals surface area (Å²) in [6.07, 6.45) is 5.39. The van der Waals surface area contributed by atoms with Gasteiger partial charge in [-0.3, -0.25) is 13.9 Å². The van der Waals surface area contributed by atoms with Crippen LogP contribution in [0.3, 0.4) is 0 Å². The van der Waals surface area contributed by atoms with Gasteiger partial charge in [-0.1, -0.05) is 67.2 Å². The molecule has 0 bridgehead atoms. The number of carbonyl (C=O) groups is 2. The summed E-state index contributed by atoms with van der Waals surface area (Å²) in [6, 6.07) is 11.3. The fourth-order valence-corrected chi connectivity index (χ4v) is 5.79. The zero-order valence-electron chi connectivity index (χ0n) is 20.8. The van der Waals surface area contributed by atoms with Crippen molar-refractivity contribution in [2.45, 2.75) is 64.6 Å². The number of nitrogens with one attached hydrogen (secondary N) is 1. The van der Waals surface area contributed by atoms with Gasteiger partial charge < -0.3 is 10.2 Å². The highest BCUT2D eigenvalue weighted by molar-refractivity contribution is 7.92. The molecule has 2 amide bonds. The number of amides is 2. The maximum Gasteiger partial charge on any atom is 0.244 e. The molecule has 1 N–H and O–H groups in total. The quantitative estimate of drug-likeness (QED) is 0.451. The summed E-state index contributed by atoms with van der Waals surface area (Å²) < 4.78 is 26.6. The average molecular weight is 555 g/mol.